The van der Waals surface area contributed by atoms with Gasteiger partial charge < -0.3 is 0 Å². The minimum atomic E-state index is 0.429. The summed E-state index contributed by atoms with van der Waals surface area (Å²) in [5, 5.41) is 0.429. The van der Waals surface area contributed by atoms with Gasteiger partial charge >= 0.3 is 0 Å². The predicted octanol–water partition coefficient (Wildman–Crippen LogP) is 1.59. The van der Waals surface area contributed by atoms with Crippen molar-refractivity contribution in [3.63, 3.8) is 0 Å². The van der Waals surface area contributed by atoms with Crippen LogP contribution in [0, 0.1) is 0 Å². The maximum absolute atomic E-state index is 5.71. The van der Waals surface area contributed by atoms with E-state index in [2.05, 4.69) is 19.9 Å². The highest BCUT2D eigenvalue weighted by Crippen LogP contribution is 2.12. The maximum atomic E-state index is 5.71. The summed E-state index contributed by atoms with van der Waals surface area (Å²) in [5.41, 5.74) is 0.648. The summed E-state index contributed by atoms with van der Waals surface area (Å²) in [4.78, 5) is 15.7. The summed E-state index contributed by atoms with van der Waals surface area (Å²) in [6.07, 6.45) is 2.84. The lowest BCUT2D eigenvalue weighted by Gasteiger charge is -1.96. The fraction of sp³-hybridized carbons (Fsp3) is 0. The van der Waals surface area contributed by atoms with Crippen LogP contribution in [0.15, 0.2) is 30.9 Å². The Morgan fingerprint density at radius 2 is 1.85 bits per heavy atom. The van der Waals surface area contributed by atoms with Gasteiger partial charge in [-0.3, -0.25) is 0 Å². The molecule has 0 radical (unpaired) electrons. The van der Waals surface area contributed by atoms with Crippen LogP contribution in [0.4, 0.5) is 0 Å². The SMILES string of the molecule is Clc1cccc(-c2ncncn2)n1. The topological polar surface area (TPSA) is 51.6 Å². The summed E-state index contributed by atoms with van der Waals surface area (Å²) in [5.74, 6) is 0.525. The molecule has 0 bridgehead atoms. The Hall–Kier alpha value is -1.55. The fourth-order valence-electron chi connectivity index (χ4n) is 0.904. The Kier molecular flexibility index (Phi) is 2.14. The monoisotopic (exact) mass is 192 g/mol. The maximum Gasteiger partial charge on any atom is 0.181 e. The van der Waals surface area contributed by atoms with E-state index in [0.29, 0.717) is 16.7 Å². The van der Waals surface area contributed by atoms with Crippen LogP contribution in [0.3, 0.4) is 0 Å². The normalized spacial score (nSPS) is 9.92. The first-order chi connectivity index (χ1) is 6.36. The zero-order chi connectivity index (χ0) is 9.10. The second kappa shape index (κ2) is 3.45. The van der Waals surface area contributed by atoms with E-state index < -0.39 is 0 Å². The van der Waals surface area contributed by atoms with Crippen LogP contribution in [-0.2, 0) is 0 Å². The van der Waals surface area contributed by atoms with E-state index in [1.807, 2.05) is 0 Å². The Morgan fingerprint density at radius 1 is 1.08 bits per heavy atom. The molecule has 0 fully saturated rings. The van der Waals surface area contributed by atoms with Crippen LogP contribution in [0.25, 0.3) is 11.5 Å². The Balaban J connectivity index is 2.48. The van der Waals surface area contributed by atoms with Crippen molar-refractivity contribution < 1.29 is 0 Å². The van der Waals surface area contributed by atoms with Crippen molar-refractivity contribution in [2.75, 3.05) is 0 Å². The van der Waals surface area contributed by atoms with Gasteiger partial charge in [-0.2, -0.15) is 0 Å². The van der Waals surface area contributed by atoms with Crippen molar-refractivity contribution in [1.29, 1.82) is 0 Å². The van der Waals surface area contributed by atoms with E-state index in [0.717, 1.165) is 0 Å². The minimum Gasteiger partial charge on any atom is -0.233 e. The molecule has 0 aliphatic heterocycles. The van der Waals surface area contributed by atoms with Crippen LogP contribution in [0.2, 0.25) is 5.15 Å². The lowest BCUT2D eigenvalue weighted by molar-refractivity contribution is 1.04. The molecule has 2 heterocycles. The molecule has 5 heteroatoms. The van der Waals surface area contributed by atoms with Gasteiger partial charge in [-0.15, -0.1) is 0 Å². The average Bonchev–Trinajstić information content (AvgIpc) is 2.19. The van der Waals surface area contributed by atoms with E-state index in [4.69, 9.17) is 11.6 Å². The quantitative estimate of drug-likeness (QED) is 0.644. The molecular formula is C8H5ClN4. The first kappa shape index (κ1) is 8.07. The third kappa shape index (κ3) is 1.78. The number of hydrogen-bond donors (Lipinski definition) is 0. The molecule has 64 valence electrons. The van der Waals surface area contributed by atoms with Crippen LogP contribution < -0.4 is 0 Å². The molecule has 0 saturated heterocycles. The van der Waals surface area contributed by atoms with Crippen molar-refractivity contribution in [3.8, 4) is 11.5 Å². The van der Waals surface area contributed by atoms with E-state index in [9.17, 15) is 0 Å². The molecule has 0 saturated carbocycles. The summed E-state index contributed by atoms with van der Waals surface area (Å²) in [7, 11) is 0. The second-order valence-electron chi connectivity index (χ2n) is 2.31. The van der Waals surface area contributed by atoms with Crippen LogP contribution in [0.1, 0.15) is 0 Å². The number of halogens is 1. The van der Waals surface area contributed by atoms with Gasteiger partial charge in [0.25, 0.3) is 0 Å². The molecule has 0 aromatic carbocycles. The number of nitrogens with zero attached hydrogens (tertiary/aromatic N) is 4. The molecule has 0 aliphatic carbocycles. The second-order valence-corrected chi connectivity index (χ2v) is 2.69. The molecule has 0 N–H and O–H groups in total. The van der Waals surface area contributed by atoms with Gasteiger partial charge in [0, 0.05) is 0 Å². The molecule has 2 rings (SSSR count). The predicted molar refractivity (Wildman–Crippen MR) is 48.1 cm³/mol. The summed E-state index contributed by atoms with van der Waals surface area (Å²) in [6, 6.07) is 5.29. The smallest absolute Gasteiger partial charge is 0.181 e. The number of aromatic nitrogens is 4. The number of pyridine rings is 1. The largest absolute Gasteiger partial charge is 0.233 e. The lowest BCUT2D eigenvalue weighted by atomic mass is 10.3. The molecule has 0 atom stereocenters. The van der Waals surface area contributed by atoms with Crippen LogP contribution in [-0.4, -0.2) is 19.9 Å². The van der Waals surface area contributed by atoms with Crippen molar-refractivity contribution in [3.05, 3.63) is 36.0 Å². The third-order valence-corrected chi connectivity index (χ3v) is 1.65. The van der Waals surface area contributed by atoms with Gasteiger partial charge in [-0.1, -0.05) is 17.7 Å². The highest BCUT2D eigenvalue weighted by Gasteiger charge is 2.00. The molecule has 4 nitrogen and oxygen atoms in total. The van der Waals surface area contributed by atoms with E-state index >= 15 is 0 Å². The van der Waals surface area contributed by atoms with Gasteiger partial charge in [0.2, 0.25) is 0 Å². The lowest BCUT2D eigenvalue weighted by Crippen LogP contribution is -1.91. The van der Waals surface area contributed by atoms with E-state index in [1.165, 1.54) is 12.7 Å². The molecular weight excluding hydrogens is 188 g/mol. The molecule has 0 amide bonds. The molecule has 2 aromatic rings. The van der Waals surface area contributed by atoms with Gasteiger partial charge in [0.1, 0.15) is 23.5 Å². The van der Waals surface area contributed by atoms with Gasteiger partial charge in [0.05, 0.1) is 0 Å². The van der Waals surface area contributed by atoms with Crippen molar-refractivity contribution >= 4 is 11.6 Å². The number of hydrogen-bond acceptors (Lipinski definition) is 4. The van der Waals surface area contributed by atoms with Gasteiger partial charge in [-0.05, 0) is 12.1 Å². The van der Waals surface area contributed by atoms with Gasteiger partial charge in [0.15, 0.2) is 5.82 Å². The van der Waals surface area contributed by atoms with Crippen LogP contribution in [0.5, 0.6) is 0 Å². The average molecular weight is 193 g/mol. The summed E-state index contributed by atoms with van der Waals surface area (Å²) < 4.78 is 0. The minimum absolute atomic E-state index is 0.429. The highest BCUT2D eigenvalue weighted by atomic mass is 35.5. The van der Waals surface area contributed by atoms with Crippen LogP contribution >= 0.6 is 11.6 Å². The fourth-order valence-corrected chi connectivity index (χ4v) is 1.07. The highest BCUT2D eigenvalue weighted by molar-refractivity contribution is 6.29. The van der Waals surface area contributed by atoms with E-state index in [1.54, 1.807) is 18.2 Å². The van der Waals surface area contributed by atoms with Gasteiger partial charge in [-0.25, -0.2) is 19.9 Å². The first-order valence-corrected chi connectivity index (χ1v) is 3.99. The van der Waals surface area contributed by atoms with Crippen molar-refractivity contribution in [2.45, 2.75) is 0 Å². The van der Waals surface area contributed by atoms with E-state index in [-0.39, 0.29) is 0 Å². The van der Waals surface area contributed by atoms with Crippen molar-refractivity contribution in [1.82, 2.24) is 19.9 Å². The molecule has 2 aromatic heterocycles. The Labute approximate surface area is 79.7 Å². The summed E-state index contributed by atoms with van der Waals surface area (Å²) in [6.45, 7) is 0. The number of rotatable bonds is 1. The zero-order valence-electron chi connectivity index (χ0n) is 6.55. The Bertz CT molecular complexity index is 404. The zero-order valence-corrected chi connectivity index (χ0v) is 7.31. The molecule has 0 aliphatic rings. The standard InChI is InChI=1S/C8H5ClN4/c9-7-3-1-2-6(13-7)8-11-4-10-5-12-8/h1-5H. The Morgan fingerprint density at radius 3 is 2.54 bits per heavy atom. The molecule has 0 spiro atoms. The third-order valence-electron chi connectivity index (χ3n) is 1.44. The summed E-state index contributed by atoms with van der Waals surface area (Å²) >= 11 is 5.71. The first-order valence-electron chi connectivity index (χ1n) is 3.61. The molecule has 0 unspecified atom stereocenters. The van der Waals surface area contributed by atoms with Crippen molar-refractivity contribution in [2.24, 2.45) is 0 Å². The molecule has 13 heavy (non-hydrogen) atoms.